The maximum atomic E-state index is 11.7. The van der Waals surface area contributed by atoms with Crippen molar-refractivity contribution in [1.29, 1.82) is 0 Å². The molecule has 0 fully saturated rings. The molecule has 0 aliphatic heterocycles. The van der Waals surface area contributed by atoms with E-state index in [2.05, 4.69) is 50.4 Å². The zero-order valence-corrected chi connectivity index (χ0v) is 20.7. The Hall–Kier alpha value is -0.803. The van der Waals surface area contributed by atoms with Crippen LogP contribution in [0.2, 0.25) is 23.3 Å². The molecule has 1 rings (SSSR count). The van der Waals surface area contributed by atoms with Crippen LogP contribution < -0.4 is 0 Å². The Kier molecular flexibility index (Phi) is 7.67. The van der Waals surface area contributed by atoms with E-state index in [1.165, 1.54) is 6.20 Å². The van der Waals surface area contributed by atoms with Gasteiger partial charge in [-0.2, -0.15) is 0 Å². The van der Waals surface area contributed by atoms with Crippen molar-refractivity contribution < 1.29 is 18.0 Å². The zero-order valence-electron chi connectivity index (χ0n) is 18.1. The average Bonchev–Trinajstić information content (AvgIpc) is 2.49. The summed E-state index contributed by atoms with van der Waals surface area (Å²) in [4.78, 5) is 7.92. The summed E-state index contributed by atoms with van der Waals surface area (Å²) in [6.07, 6.45) is 1.90. The van der Waals surface area contributed by atoms with E-state index in [9.17, 15) is 13.5 Å². The quantitative estimate of drug-likeness (QED) is 0.278. The molecular formula is C19H33ClN2O4SSi. The maximum absolute atomic E-state index is 11.7. The van der Waals surface area contributed by atoms with Crippen molar-refractivity contribution in [2.75, 3.05) is 12.9 Å². The number of halogens is 1. The van der Waals surface area contributed by atoms with Crippen LogP contribution in [-0.2, 0) is 19.7 Å². The normalized spacial score (nSPS) is 16.5. The van der Waals surface area contributed by atoms with Crippen LogP contribution >= 0.6 is 11.6 Å². The molecule has 6 nitrogen and oxygen atoms in total. The van der Waals surface area contributed by atoms with Gasteiger partial charge in [0.1, 0.15) is 5.15 Å². The van der Waals surface area contributed by atoms with Crippen LogP contribution in [0, 0.1) is 0 Å². The van der Waals surface area contributed by atoms with E-state index in [1.54, 1.807) is 0 Å². The molecule has 0 aromatic carbocycles. The highest BCUT2D eigenvalue weighted by Crippen LogP contribution is 2.40. The molecule has 0 saturated heterocycles. The second-order valence-corrected chi connectivity index (χ2v) is 16.3. The maximum Gasteiger partial charge on any atom is 0.248 e. The van der Waals surface area contributed by atoms with E-state index >= 15 is 0 Å². The number of sulfone groups is 1. The van der Waals surface area contributed by atoms with Gasteiger partial charge in [0, 0.05) is 30.0 Å². The first-order valence-corrected chi connectivity index (χ1v) is 14.3. The minimum absolute atomic E-state index is 0.00229. The topological polar surface area (TPSA) is 89.4 Å². The van der Waals surface area contributed by atoms with Crippen molar-refractivity contribution in [3.8, 4) is 0 Å². The second-order valence-electron chi connectivity index (χ2n) is 9.27. The number of hydrogen-bond acceptors (Lipinski definition) is 6. The molecule has 28 heavy (non-hydrogen) atoms. The van der Waals surface area contributed by atoms with Crippen LogP contribution in [0.5, 0.6) is 0 Å². The van der Waals surface area contributed by atoms with Gasteiger partial charge in [0.25, 0.3) is 0 Å². The first-order chi connectivity index (χ1) is 12.4. The van der Waals surface area contributed by atoms with Crippen molar-refractivity contribution >= 4 is 29.8 Å². The van der Waals surface area contributed by atoms with Crippen molar-refractivity contribution in [1.82, 2.24) is 9.97 Å². The standard InChI is InChI=1S/C19H33ClN2O4SSi/c1-13(2)10-15(23)19(6,12-26-28(8,9)18(3,4)5)14-11-21-17(22-16(14)20)27(7,24)25/h11,15,23H,1,10,12H2,2-9H3/t15-,19-/m1/s1. The lowest BCUT2D eigenvalue weighted by molar-refractivity contribution is 0.0516. The fourth-order valence-corrected chi connectivity index (χ4v) is 4.35. The van der Waals surface area contributed by atoms with Gasteiger partial charge in [0.2, 0.25) is 15.0 Å². The average molecular weight is 449 g/mol. The number of aliphatic hydroxyl groups excluding tert-OH is 1. The van der Waals surface area contributed by atoms with Crippen LogP contribution in [0.1, 0.15) is 46.6 Å². The van der Waals surface area contributed by atoms with E-state index < -0.39 is 29.7 Å². The van der Waals surface area contributed by atoms with Crippen LogP contribution in [0.25, 0.3) is 0 Å². The van der Waals surface area contributed by atoms with E-state index in [0.29, 0.717) is 12.0 Å². The summed E-state index contributed by atoms with van der Waals surface area (Å²) in [5.41, 5.74) is 0.339. The number of aliphatic hydroxyl groups is 1. The minimum Gasteiger partial charge on any atom is -0.416 e. The highest BCUT2D eigenvalue weighted by molar-refractivity contribution is 7.90. The number of rotatable bonds is 8. The number of nitrogens with zero attached hydrogens (tertiary/aromatic N) is 2. The van der Waals surface area contributed by atoms with Gasteiger partial charge in [-0.05, 0) is 31.5 Å². The molecule has 9 heteroatoms. The molecule has 0 aliphatic carbocycles. The Morgan fingerprint density at radius 2 is 1.89 bits per heavy atom. The lowest BCUT2D eigenvalue weighted by Gasteiger charge is -2.42. The Balaban J connectivity index is 3.42. The summed E-state index contributed by atoms with van der Waals surface area (Å²) < 4.78 is 29.8. The lowest BCUT2D eigenvalue weighted by Crippen LogP contribution is -2.48. The van der Waals surface area contributed by atoms with Gasteiger partial charge < -0.3 is 9.53 Å². The third-order valence-electron chi connectivity index (χ3n) is 5.48. The SMILES string of the molecule is C=C(C)C[C@@H](O)[C@](C)(CO[Si](C)(C)C(C)(C)C)c1cnc(S(C)(=O)=O)nc1Cl. The number of hydrogen-bond donors (Lipinski definition) is 1. The van der Waals surface area contributed by atoms with Crippen LogP contribution in [0.15, 0.2) is 23.5 Å². The molecule has 1 N–H and O–H groups in total. The van der Waals surface area contributed by atoms with Gasteiger partial charge >= 0.3 is 0 Å². The Bertz CT molecular complexity index is 837. The molecule has 0 amide bonds. The number of aromatic nitrogens is 2. The molecule has 2 atom stereocenters. The third-order valence-corrected chi connectivity index (χ3v) is 11.1. The molecule has 0 saturated carbocycles. The molecule has 1 aromatic rings. The van der Waals surface area contributed by atoms with Gasteiger partial charge in [0.05, 0.1) is 6.10 Å². The highest BCUT2D eigenvalue weighted by atomic mass is 35.5. The summed E-state index contributed by atoms with van der Waals surface area (Å²) in [6.45, 7) is 18.4. The Morgan fingerprint density at radius 3 is 2.29 bits per heavy atom. The van der Waals surface area contributed by atoms with Crippen LogP contribution in [-0.4, -0.2) is 50.8 Å². The van der Waals surface area contributed by atoms with Crippen LogP contribution in [0.4, 0.5) is 0 Å². The van der Waals surface area contributed by atoms with Crippen molar-refractivity contribution in [2.24, 2.45) is 0 Å². The lowest BCUT2D eigenvalue weighted by atomic mass is 9.77. The van der Waals surface area contributed by atoms with E-state index in [4.69, 9.17) is 16.0 Å². The van der Waals surface area contributed by atoms with Gasteiger partial charge in [-0.3, -0.25) is 0 Å². The molecule has 0 spiro atoms. The molecule has 160 valence electrons. The predicted molar refractivity (Wildman–Crippen MR) is 116 cm³/mol. The van der Waals surface area contributed by atoms with Crippen LogP contribution in [0.3, 0.4) is 0 Å². The molecule has 0 aliphatic rings. The summed E-state index contributed by atoms with van der Waals surface area (Å²) in [5.74, 6) is 0. The van der Waals surface area contributed by atoms with Gasteiger partial charge in [-0.1, -0.05) is 44.9 Å². The zero-order chi connectivity index (χ0) is 22.1. The molecule has 1 heterocycles. The van der Waals surface area contributed by atoms with Crippen molar-refractivity contribution in [2.45, 2.75) is 75.8 Å². The van der Waals surface area contributed by atoms with E-state index in [-0.39, 0.29) is 22.0 Å². The smallest absolute Gasteiger partial charge is 0.248 e. The monoisotopic (exact) mass is 448 g/mol. The first kappa shape index (κ1) is 25.2. The highest BCUT2D eigenvalue weighted by Gasteiger charge is 2.43. The predicted octanol–water partition coefficient (Wildman–Crippen LogP) is 4.14. The fourth-order valence-electron chi connectivity index (χ4n) is 2.36. The largest absolute Gasteiger partial charge is 0.416 e. The fraction of sp³-hybridized carbons (Fsp3) is 0.684. The molecule has 0 bridgehead atoms. The van der Waals surface area contributed by atoms with Gasteiger partial charge in [-0.25, -0.2) is 18.4 Å². The minimum atomic E-state index is -3.59. The first-order valence-electron chi connectivity index (χ1n) is 9.11. The van der Waals surface area contributed by atoms with Crippen molar-refractivity contribution in [3.05, 3.63) is 29.1 Å². The Labute approximate surface area is 175 Å². The van der Waals surface area contributed by atoms with Gasteiger partial charge in [0.15, 0.2) is 8.32 Å². The summed E-state index contributed by atoms with van der Waals surface area (Å²) >= 11 is 6.35. The third kappa shape index (κ3) is 5.85. The van der Waals surface area contributed by atoms with E-state index in [0.717, 1.165) is 11.8 Å². The molecule has 0 unspecified atom stereocenters. The van der Waals surface area contributed by atoms with Gasteiger partial charge in [-0.15, -0.1) is 6.58 Å². The van der Waals surface area contributed by atoms with E-state index in [1.807, 2.05) is 13.8 Å². The molecule has 0 radical (unpaired) electrons. The second kappa shape index (κ2) is 8.51. The summed E-state index contributed by atoms with van der Waals surface area (Å²) in [7, 11) is -5.69. The molecular weight excluding hydrogens is 416 g/mol. The van der Waals surface area contributed by atoms with Crippen molar-refractivity contribution in [3.63, 3.8) is 0 Å². The summed E-state index contributed by atoms with van der Waals surface area (Å²) in [6, 6.07) is 0. The Morgan fingerprint density at radius 1 is 1.36 bits per heavy atom. The summed E-state index contributed by atoms with van der Waals surface area (Å²) in [5, 5.41) is 10.6. The molecule has 1 aromatic heterocycles.